The molecule has 1 aromatic carbocycles. The zero-order valence-corrected chi connectivity index (χ0v) is 7.29. The summed E-state index contributed by atoms with van der Waals surface area (Å²) in [7, 11) is 0. The van der Waals surface area contributed by atoms with Crippen molar-refractivity contribution in [1.82, 2.24) is 5.32 Å². The first-order valence-corrected chi connectivity index (χ1v) is 4.00. The summed E-state index contributed by atoms with van der Waals surface area (Å²) in [5.74, 6) is -0.168. The summed E-state index contributed by atoms with van der Waals surface area (Å²) in [5, 5.41) is 2.70. The highest BCUT2D eigenvalue weighted by Crippen LogP contribution is 1.96. The predicted molar refractivity (Wildman–Crippen MR) is 52.0 cm³/mol. The lowest BCUT2D eigenvalue weighted by molar-refractivity contribution is -0.116. The van der Waals surface area contributed by atoms with Crippen molar-refractivity contribution in [1.29, 1.82) is 0 Å². The van der Waals surface area contributed by atoms with Gasteiger partial charge in [-0.2, -0.15) is 0 Å². The van der Waals surface area contributed by atoms with E-state index in [0.29, 0.717) is 6.54 Å². The Kier molecular flexibility index (Phi) is 3.55. The molecule has 0 atom stereocenters. The third-order valence-electron chi connectivity index (χ3n) is 1.54. The summed E-state index contributed by atoms with van der Waals surface area (Å²) in [6.45, 7) is 3.85. The number of hydrogen-bond donors (Lipinski definition) is 1. The molecule has 0 aliphatic heterocycles. The van der Waals surface area contributed by atoms with E-state index in [2.05, 4.69) is 17.6 Å². The molecule has 0 radical (unpaired) electrons. The number of amides is 1. The number of hydrogen-bond acceptors (Lipinski definition) is 1. The van der Waals surface area contributed by atoms with Crippen LogP contribution in [0.5, 0.6) is 0 Å². The molecule has 0 unspecified atom stereocenters. The average Bonchev–Trinajstić information content (AvgIpc) is 2.17. The van der Waals surface area contributed by atoms with Gasteiger partial charge in [0.05, 0.1) is 0 Å². The first kappa shape index (κ1) is 9.30. The van der Waals surface area contributed by atoms with Crippen LogP contribution in [0.2, 0.25) is 0 Å². The van der Waals surface area contributed by atoms with Crippen LogP contribution in [0.15, 0.2) is 48.7 Å². The van der Waals surface area contributed by atoms with Gasteiger partial charge in [0.2, 0.25) is 0 Å². The molecule has 1 rings (SSSR count). The summed E-state index contributed by atoms with van der Waals surface area (Å²) < 4.78 is 0. The minimum absolute atomic E-state index is 0.168. The molecule has 0 spiro atoms. The molecule has 0 bridgehead atoms. The van der Waals surface area contributed by atoms with E-state index in [-0.39, 0.29) is 5.91 Å². The molecular weight excluding hydrogens is 162 g/mol. The Morgan fingerprint density at radius 2 is 2.15 bits per heavy atom. The Bertz CT molecular complexity index is 323. The van der Waals surface area contributed by atoms with Crippen molar-refractivity contribution < 1.29 is 4.79 Å². The van der Waals surface area contributed by atoms with Gasteiger partial charge < -0.3 is 5.32 Å². The van der Waals surface area contributed by atoms with Gasteiger partial charge in [0.25, 0.3) is 5.91 Å². The monoisotopic (exact) mass is 173 g/mol. The molecule has 0 aromatic heterocycles. The number of carbonyl (C=O) groups is 1. The van der Waals surface area contributed by atoms with E-state index in [9.17, 15) is 4.79 Å². The van der Waals surface area contributed by atoms with Gasteiger partial charge in [-0.05, 0) is 5.56 Å². The molecular formula is C11H11NO. The van der Waals surface area contributed by atoms with Crippen molar-refractivity contribution in [2.75, 3.05) is 0 Å². The largest absolute Gasteiger partial charge is 0.348 e. The zero-order chi connectivity index (χ0) is 9.52. The minimum atomic E-state index is -0.168. The summed E-state index contributed by atoms with van der Waals surface area (Å²) in [6, 6.07) is 9.72. The number of nitrogens with one attached hydrogen (secondary N) is 1. The average molecular weight is 173 g/mol. The van der Waals surface area contributed by atoms with Crippen LogP contribution in [0.1, 0.15) is 5.56 Å². The van der Waals surface area contributed by atoms with Gasteiger partial charge in [0, 0.05) is 12.6 Å². The lowest BCUT2D eigenvalue weighted by Crippen LogP contribution is -2.19. The maximum Gasteiger partial charge on any atom is 0.251 e. The second-order valence-electron chi connectivity index (χ2n) is 2.55. The summed E-state index contributed by atoms with van der Waals surface area (Å²) >= 11 is 0. The SMILES string of the molecule is C=C=CC(=O)NCc1ccccc1. The zero-order valence-electron chi connectivity index (χ0n) is 7.29. The van der Waals surface area contributed by atoms with Gasteiger partial charge in [-0.15, -0.1) is 5.73 Å². The first-order chi connectivity index (χ1) is 6.33. The molecule has 1 amide bonds. The molecule has 0 heterocycles. The normalized spacial score (nSPS) is 8.62. The summed E-state index contributed by atoms with van der Waals surface area (Å²) in [6.07, 6.45) is 1.28. The quantitative estimate of drug-likeness (QED) is 0.546. The highest BCUT2D eigenvalue weighted by Gasteiger charge is 1.93. The molecule has 0 saturated heterocycles. The highest BCUT2D eigenvalue weighted by molar-refractivity contribution is 5.87. The van der Waals surface area contributed by atoms with Crippen molar-refractivity contribution >= 4 is 5.91 Å². The molecule has 1 N–H and O–H groups in total. The van der Waals surface area contributed by atoms with Gasteiger partial charge in [0.15, 0.2) is 0 Å². The number of benzene rings is 1. The molecule has 0 fully saturated rings. The van der Waals surface area contributed by atoms with Gasteiger partial charge in [-0.25, -0.2) is 0 Å². The predicted octanol–water partition coefficient (Wildman–Crippen LogP) is 1.64. The Morgan fingerprint density at radius 1 is 1.46 bits per heavy atom. The van der Waals surface area contributed by atoms with Crippen LogP contribution in [-0.2, 0) is 11.3 Å². The molecule has 13 heavy (non-hydrogen) atoms. The van der Waals surface area contributed by atoms with Gasteiger partial charge in [-0.1, -0.05) is 36.9 Å². The number of carbonyl (C=O) groups excluding carboxylic acids is 1. The van der Waals surface area contributed by atoms with Crippen LogP contribution in [0, 0.1) is 0 Å². The van der Waals surface area contributed by atoms with E-state index in [4.69, 9.17) is 0 Å². The molecule has 0 saturated carbocycles. The second-order valence-corrected chi connectivity index (χ2v) is 2.55. The van der Waals surface area contributed by atoms with E-state index in [0.717, 1.165) is 5.56 Å². The Labute approximate surface area is 77.6 Å². The van der Waals surface area contributed by atoms with Crippen molar-refractivity contribution in [2.24, 2.45) is 0 Å². The smallest absolute Gasteiger partial charge is 0.251 e. The van der Waals surface area contributed by atoms with E-state index in [1.54, 1.807) is 0 Å². The molecule has 2 heteroatoms. The van der Waals surface area contributed by atoms with E-state index in [1.807, 2.05) is 30.3 Å². The van der Waals surface area contributed by atoms with Crippen molar-refractivity contribution in [3.63, 3.8) is 0 Å². The van der Waals surface area contributed by atoms with E-state index in [1.165, 1.54) is 6.08 Å². The van der Waals surface area contributed by atoms with Crippen LogP contribution in [0.4, 0.5) is 0 Å². The molecule has 66 valence electrons. The Hall–Kier alpha value is -1.79. The van der Waals surface area contributed by atoms with Crippen LogP contribution in [0.25, 0.3) is 0 Å². The van der Waals surface area contributed by atoms with Gasteiger partial charge in [0.1, 0.15) is 0 Å². The van der Waals surface area contributed by atoms with Crippen molar-refractivity contribution in [3.05, 3.63) is 54.3 Å². The van der Waals surface area contributed by atoms with Gasteiger partial charge in [-0.3, -0.25) is 4.79 Å². The fourth-order valence-electron chi connectivity index (χ4n) is 0.929. The summed E-state index contributed by atoms with van der Waals surface area (Å²) in [4.78, 5) is 10.9. The van der Waals surface area contributed by atoms with Crippen molar-refractivity contribution in [2.45, 2.75) is 6.54 Å². The topological polar surface area (TPSA) is 29.1 Å². The number of rotatable bonds is 3. The third kappa shape index (κ3) is 3.41. The molecule has 0 aliphatic rings. The fourth-order valence-corrected chi connectivity index (χ4v) is 0.929. The van der Waals surface area contributed by atoms with Gasteiger partial charge >= 0.3 is 0 Å². The van der Waals surface area contributed by atoms with E-state index < -0.39 is 0 Å². The minimum Gasteiger partial charge on any atom is -0.348 e. The molecule has 1 aromatic rings. The standard InChI is InChI=1S/C11H11NO/c1-2-6-11(13)12-9-10-7-4-3-5-8-10/h3-8H,1,9H2,(H,12,13). The maximum absolute atomic E-state index is 10.9. The van der Waals surface area contributed by atoms with E-state index >= 15 is 0 Å². The fraction of sp³-hybridized carbons (Fsp3) is 0.0909. The molecule has 0 aliphatic carbocycles. The second kappa shape index (κ2) is 4.96. The van der Waals surface area contributed by atoms with Crippen LogP contribution < -0.4 is 5.32 Å². The Morgan fingerprint density at radius 3 is 2.77 bits per heavy atom. The van der Waals surface area contributed by atoms with Crippen LogP contribution in [0.3, 0.4) is 0 Å². The summed E-state index contributed by atoms with van der Waals surface area (Å²) in [5.41, 5.74) is 3.49. The molecule has 2 nitrogen and oxygen atoms in total. The lowest BCUT2D eigenvalue weighted by atomic mass is 10.2. The van der Waals surface area contributed by atoms with Crippen LogP contribution >= 0.6 is 0 Å². The van der Waals surface area contributed by atoms with Crippen molar-refractivity contribution in [3.8, 4) is 0 Å². The Balaban J connectivity index is 2.44. The third-order valence-corrected chi connectivity index (χ3v) is 1.54. The maximum atomic E-state index is 10.9. The lowest BCUT2D eigenvalue weighted by Gasteiger charge is -2.00. The first-order valence-electron chi connectivity index (χ1n) is 4.00. The van der Waals surface area contributed by atoms with Crippen LogP contribution in [-0.4, -0.2) is 5.91 Å². The highest BCUT2D eigenvalue weighted by atomic mass is 16.1.